The molecule has 4 rings (SSSR count). The van der Waals surface area contributed by atoms with Crippen LogP contribution in [0.3, 0.4) is 0 Å². The zero-order chi connectivity index (χ0) is 20.8. The van der Waals surface area contributed by atoms with E-state index in [-0.39, 0.29) is 11.6 Å². The lowest BCUT2D eigenvalue weighted by Crippen LogP contribution is -2.29. The van der Waals surface area contributed by atoms with Gasteiger partial charge in [0.05, 0.1) is 17.2 Å². The fourth-order valence-corrected chi connectivity index (χ4v) is 2.81. The molecule has 1 amide bonds. The lowest BCUT2D eigenvalue weighted by Gasteiger charge is -2.10. The Balaban J connectivity index is 1.32. The molecule has 150 valence electrons. The lowest BCUT2D eigenvalue weighted by atomic mass is 10.3. The molecule has 3 aromatic heterocycles. The van der Waals surface area contributed by atoms with Gasteiger partial charge in [-0.15, -0.1) is 0 Å². The fraction of sp³-hybridized carbons (Fsp3) is 0.143. The number of hydrogen-bond acceptors (Lipinski definition) is 8. The van der Waals surface area contributed by atoms with Crippen LogP contribution in [0.25, 0.3) is 11.0 Å². The predicted octanol–water partition coefficient (Wildman–Crippen LogP) is 2.71. The zero-order valence-electron chi connectivity index (χ0n) is 16.3. The Kier molecular flexibility index (Phi) is 5.70. The number of hydrogen-bond donors (Lipinski definition) is 3. The van der Waals surface area contributed by atoms with Crippen LogP contribution in [0, 0.1) is 6.92 Å². The van der Waals surface area contributed by atoms with E-state index in [2.05, 4.69) is 40.9 Å². The highest BCUT2D eigenvalue weighted by molar-refractivity contribution is 5.93. The minimum atomic E-state index is -0.272. The summed E-state index contributed by atoms with van der Waals surface area (Å²) in [6.45, 7) is 2.71. The topological polar surface area (TPSA) is 118 Å². The van der Waals surface area contributed by atoms with E-state index in [1.165, 1.54) is 6.20 Å². The minimum absolute atomic E-state index is 0.272. The van der Waals surface area contributed by atoms with Crippen LogP contribution in [0.5, 0.6) is 0 Å². The number of para-hydroxylation sites is 2. The quantitative estimate of drug-likeness (QED) is 0.405. The third-order valence-electron chi connectivity index (χ3n) is 4.16. The number of benzene rings is 1. The van der Waals surface area contributed by atoms with E-state index in [1.54, 1.807) is 12.3 Å². The molecule has 0 saturated heterocycles. The Morgan fingerprint density at radius 1 is 0.867 bits per heavy atom. The molecule has 9 nitrogen and oxygen atoms in total. The van der Waals surface area contributed by atoms with Crippen LogP contribution in [0.15, 0.2) is 60.9 Å². The van der Waals surface area contributed by atoms with E-state index in [0.717, 1.165) is 5.52 Å². The van der Waals surface area contributed by atoms with Crippen molar-refractivity contribution in [1.29, 1.82) is 0 Å². The Morgan fingerprint density at radius 3 is 2.50 bits per heavy atom. The molecule has 0 spiro atoms. The number of pyridine rings is 1. The first kappa shape index (κ1) is 19.2. The van der Waals surface area contributed by atoms with Crippen molar-refractivity contribution in [1.82, 2.24) is 30.2 Å². The van der Waals surface area contributed by atoms with Gasteiger partial charge in [0.2, 0.25) is 0 Å². The molecule has 0 unspecified atom stereocenters. The predicted molar refractivity (Wildman–Crippen MR) is 115 cm³/mol. The van der Waals surface area contributed by atoms with Gasteiger partial charge in [0, 0.05) is 25.4 Å². The molecule has 0 aliphatic carbocycles. The monoisotopic (exact) mass is 400 g/mol. The second-order valence-electron chi connectivity index (χ2n) is 6.45. The van der Waals surface area contributed by atoms with Crippen LogP contribution in [0.4, 0.5) is 17.5 Å². The van der Waals surface area contributed by atoms with Gasteiger partial charge >= 0.3 is 0 Å². The van der Waals surface area contributed by atoms with Crippen LogP contribution in [-0.2, 0) is 0 Å². The normalized spacial score (nSPS) is 10.6. The maximum atomic E-state index is 12.3. The Morgan fingerprint density at radius 2 is 1.67 bits per heavy atom. The van der Waals surface area contributed by atoms with Gasteiger partial charge < -0.3 is 16.0 Å². The smallest absolute Gasteiger partial charge is 0.271 e. The molecule has 0 fully saturated rings. The zero-order valence-corrected chi connectivity index (χ0v) is 16.3. The van der Waals surface area contributed by atoms with Gasteiger partial charge in [-0.1, -0.05) is 18.2 Å². The van der Waals surface area contributed by atoms with Crippen LogP contribution >= 0.6 is 0 Å². The fourth-order valence-electron chi connectivity index (χ4n) is 2.81. The molecule has 0 aliphatic rings. The van der Waals surface area contributed by atoms with E-state index < -0.39 is 0 Å². The molecular weight excluding hydrogens is 380 g/mol. The van der Waals surface area contributed by atoms with Crippen molar-refractivity contribution in [2.45, 2.75) is 6.92 Å². The Labute approximate surface area is 173 Å². The first-order chi connectivity index (χ1) is 14.7. The highest BCUT2D eigenvalue weighted by atomic mass is 16.1. The second kappa shape index (κ2) is 8.91. The molecule has 9 heteroatoms. The summed E-state index contributed by atoms with van der Waals surface area (Å²) in [6.07, 6.45) is 3.19. The van der Waals surface area contributed by atoms with Gasteiger partial charge in [0.1, 0.15) is 29.0 Å². The molecular formula is C21H20N8O. The molecule has 1 aromatic carbocycles. The van der Waals surface area contributed by atoms with Crippen LogP contribution < -0.4 is 16.0 Å². The number of nitrogens with zero attached hydrogens (tertiary/aromatic N) is 5. The van der Waals surface area contributed by atoms with Gasteiger partial charge in [0.15, 0.2) is 0 Å². The summed E-state index contributed by atoms with van der Waals surface area (Å²) in [7, 11) is 0. The average molecular weight is 400 g/mol. The molecule has 4 aromatic rings. The number of carbonyl (C=O) groups is 1. The largest absolute Gasteiger partial charge is 0.368 e. The average Bonchev–Trinajstić information content (AvgIpc) is 2.76. The molecule has 0 atom stereocenters. The highest BCUT2D eigenvalue weighted by Crippen LogP contribution is 2.15. The standard InChI is InChI=1S/C21H20N8O/c1-14-26-19(12-20(27-14)29-18-8-4-5-9-22-18)23-10-11-24-21(30)17-13-25-15-6-2-3-7-16(15)28-17/h2-9,12-13H,10-11H2,1H3,(H,24,30)(H2,22,23,26,27,29). The summed E-state index contributed by atoms with van der Waals surface area (Å²) in [4.78, 5) is 33.9. The third kappa shape index (κ3) is 4.82. The summed E-state index contributed by atoms with van der Waals surface area (Å²) >= 11 is 0. The minimum Gasteiger partial charge on any atom is -0.368 e. The summed E-state index contributed by atoms with van der Waals surface area (Å²) in [5.41, 5.74) is 1.73. The number of fused-ring (bicyclic) bond motifs is 1. The summed E-state index contributed by atoms with van der Waals surface area (Å²) in [5, 5.41) is 9.16. The molecule has 3 N–H and O–H groups in total. The molecule has 30 heavy (non-hydrogen) atoms. The third-order valence-corrected chi connectivity index (χ3v) is 4.16. The van der Waals surface area contributed by atoms with Gasteiger partial charge in [-0.2, -0.15) is 0 Å². The Hall–Kier alpha value is -4.14. The number of aromatic nitrogens is 5. The molecule has 0 radical (unpaired) electrons. The van der Waals surface area contributed by atoms with Crippen LogP contribution in [-0.4, -0.2) is 43.9 Å². The number of anilines is 3. The Bertz CT molecular complexity index is 1170. The van der Waals surface area contributed by atoms with Crippen molar-refractivity contribution in [3.63, 3.8) is 0 Å². The molecule has 0 bridgehead atoms. The van der Waals surface area contributed by atoms with E-state index in [4.69, 9.17) is 0 Å². The van der Waals surface area contributed by atoms with Crippen molar-refractivity contribution < 1.29 is 4.79 Å². The number of nitrogens with one attached hydrogen (secondary N) is 3. The van der Waals surface area contributed by atoms with Crippen molar-refractivity contribution in [2.75, 3.05) is 23.7 Å². The van der Waals surface area contributed by atoms with E-state index in [1.807, 2.05) is 49.4 Å². The first-order valence-corrected chi connectivity index (χ1v) is 9.45. The number of amides is 1. The van der Waals surface area contributed by atoms with Crippen molar-refractivity contribution in [2.24, 2.45) is 0 Å². The van der Waals surface area contributed by atoms with E-state index in [0.29, 0.717) is 41.9 Å². The molecule has 3 heterocycles. The highest BCUT2D eigenvalue weighted by Gasteiger charge is 2.09. The van der Waals surface area contributed by atoms with Gasteiger partial charge in [-0.05, 0) is 31.2 Å². The van der Waals surface area contributed by atoms with Gasteiger partial charge in [-0.25, -0.2) is 19.9 Å². The molecule has 0 aliphatic heterocycles. The first-order valence-electron chi connectivity index (χ1n) is 9.45. The number of rotatable bonds is 7. The van der Waals surface area contributed by atoms with Gasteiger partial charge in [-0.3, -0.25) is 9.78 Å². The maximum absolute atomic E-state index is 12.3. The van der Waals surface area contributed by atoms with Crippen molar-refractivity contribution in [3.8, 4) is 0 Å². The van der Waals surface area contributed by atoms with E-state index >= 15 is 0 Å². The van der Waals surface area contributed by atoms with Crippen LogP contribution in [0.2, 0.25) is 0 Å². The van der Waals surface area contributed by atoms with Gasteiger partial charge in [0.25, 0.3) is 5.91 Å². The summed E-state index contributed by atoms with van der Waals surface area (Å²) in [5.74, 6) is 2.34. The summed E-state index contributed by atoms with van der Waals surface area (Å²) < 4.78 is 0. The van der Waals surface area contributed by atoms with E-state index in [9.17, 15) is 4.79 Å². The maximum Gasteiger partial charge on any atom is 0.271 e. The number of aryl methyl sites for hydroxylation is 1. The van der Waals surface area contributed by atoms with Crippen molar-refractivity contribution in [3.05, 3.63) is 72.4 Å². The molecule has 0 saturated carbocycles. The SMILES string of the molecule is Cc1nc(NCCNC(=O)c2cnc3ccccc3n2)cc(Nc2ccccn2)n1. The second-order valence-corrected chi connectivity index (χ2v) is 6.45. The number of carbonyl (C=O) groups excluding carboxylic acids is 1. The lowest BCUT2D eigenvalue weighted by molar-refractivity contribution is 0.0950. The van der Waals surface area contributed by atoms with Crippen LogP contribution in [0.1, 0.15) is 16.3 Å². The van der Waals surface area contributed by atoms with Crippen molar-refractivity contribution >= 4 is 34.4 Å². The summed E-state index contributed by atoms with van der Waals surface area (Å²) in [6, 6.07) is 14.8.